The molecule has 2 aromatic rings. The molecule has 1 amide bonds. The average Bonchev–Trinajstić information content (AvgIpc) is 3.07. The lowest BCUT2D eigenvalue weighted by molar-refractivity contribution is 0.102. The molecule has 21 heavy (non-hydrogen) atoms. The van der Waals surface area contributed by atoms with E-state index in [0.29, 0.717) is 23.1 Å². The monoisotopic (exact) mass is 301 g/mol. The second-order valence-corrected chi connectivity index (χ2v) is 6.24. The van der Waals surface area contributed by atoms with Gasteiger partial charge in [-0.1, -0.05) is 6.07 Å². The number of aromatic nitrogens is 1. The molecule has 0 unspecified atom stereocenters. The molecule has 0 bridgehead atoms. The molecule has 0 spiro atoms. The maximum absolute atomic E-state index is 12.5. The summed E-state index contributed by atoms with van der Waals surface area (Å²) in [6.07, 6.45) is 3.28. The van der Waals surface area contributed by atoms with E-state index in [1.54, 1.807) is 17.4 Å². The Bertz CT molecular complexity index is 689. The van der Waals surface area contributed by atoms with Crippen molar-refractivity contribution in [1.82, 2.24) is 4.98 Å². The van der Waals surface area contributed by atoms with Crippen LogP contribution in [0.3, 0.4) is 0 Å². The number of aryl methyl sites for hydroxylation is 2. The number of hydrogen-bond donors (Lipinski definition) is 2. The van der Waals surface area contributed by atoms with Crippen LogP contribution in [0.1, 0.15) is 27.3 Å². The van der Waals surface area contributed by atoms with Crippen molar-refractivity contribution in [3.8, 4) is 5.75 Å². The van der Waals surface area contributed by atoms with E-state index < -0.39 is 0 Å². The number of hydrogen-bond acceptors (Lipinski definition) is 5. The number of carbonyl (C=O) groups excluding carboxylic acids is 1. The van der Waals surface area contributed by atoms with Crippen LogP contribution in [0, 0.1) is 0 Å². The van der Waals surface area contributed by atoms with Gasteiger partial charge in [-0.15, -0.1) is 11.3 Å². The Labute approximate surface area is 126 Å². The molecule has 2 heterocycles. The van der Waals surface area contributed by atoms with Gasteiger partial charge in [-0.2, -0.15) is 0 Å². The zero-order valence-corrected chi connectivity index (χ0v) is 12.3. The van der Waals surface area contributed by atoms with Crippen LogP contribution in [-0.4, -0.2) is 24.0 Å². The molecule has 0 saturated carbocycles. The van der Waals surface area contributed by atoms with E-state index in [1.165, 1.54) is 11.3 Å². The van der Waals surface area contributed by atoms with Crippen molar-refractivity contribution >= 4 is 28.1 Å². The zero-order valence-electron chi connectivity index (χ0n) is 11.4. The van der Waals surface area contributed by atoms with Crippen LogP contribution in [-0.2, 0) is 12.8 Å². The van der Waals surface area contributed by atoms with Gasteiger partial charge in [0, 0.05) is 11.4 Å². The molecule has 1 aromatic heterocycles. The summed E-state index contributed by atoms with van der Waals surface area (Å²) in [6, 6.07) is 5.56. The number of ether oxygens (including phenoxy) is 1. The Balaban J connectivity index is 1.60. The highest BCUT2D eigenvalue weighted by Gasteiger charge is 2.22. The van der Waals surface area contributed by atoms with Gasteiger partial charge in [0.1, 0.15) is 6.61 Å². The summed E-state index contributed by atoms with van der Waals surface area (Å²) >= 11 is 1.58. The van der Waals surface area contributed by atoms with Crippen molar-refractivity contribution in [2.45, 2.75) is 19.3 Å². The fourth-order valence-corrected chi connectivity index (χ4v) is 3.80. The van der Waals surface area contributed by atoms with Gasteiger partial charge in [-0.05, 0) is 31.4 Å². The molecule has 1 aliphatic carbocycles. The zero-order chi connectivity index (χ0) is 14.2. The molecule has 1 aliphatic heterocycles. The third-order valence-corrected chi connectivity index (χ3v) is 4.81. The van der Waals surface area contributed by atoms with Gasteiger partial charge in [0.2, 0.25) is 0 Å². The highest BCUT2D eigenvalue weighted by Crippen LogP contribution is 2.33. The summed E-state index contributed by atoms with van der Waals surface area (Å²) in [4.78, 5) is 18.3. The number of amides is 1. The Morgan fingerprint density at radius 1 is 1.38 bits per heavy atom. The number of benzene rings is 1. The minimum absolute atomic E-state index is 0.164. The molecule has 5 nitrogen and oxygen atoms in total. The molecule has 4 rings (SSSR count). The summed E-state index contributed by atoms with van der Waals surface area (Å²) in [7, 11) is 0. The van der Waals surface area contributed by atoms with E-state index in [2.05, 4.69) is 15.6 Å². The van der Waals surface area contributed by atoms with Crippen molar-refractivity contribution in [3.63, 3.8) is 0 Å². The van der Waals surface area contributed by atoms with Crippen LogP contribution in [0.15, 0.2) is 18.2 Å². The Hall–Kier alpha value is -2.08. The van der Waals surface area contributed by atoms with E-state index in [9.17, 15) is 4.79 Å². The summed E-state index contributed by atoms with van der Waals surface area (Å²) < 4.78 is 5.63. The summed E-state index contributed by atoms with van der Waals surface area (Å²) in [5, 5.41) is 6.82. The lowest BCUT2D eigenvalue weighted by atomic mass is 10.1. The normalized spacial score (nSPS) is 15.6. The van der Waals surface area contributed by atoms with Crippen LogP contribution in [0.2, 0.25) is 0 Å². The van der Waals surface area contributed by atoms with Gasteiger partial charge < -0.3 is 10.1 Å². The maximum Gasteiger partial charge on any atom is 0.261 e. The summed E-state index contributed by atoms with van der Waals surface area (Å²) in [5.74, 6) is 0.466. The molecular formula is C15H15N3O2S. The molecule has 0 atom stereocenters. The summed E-state index contributed by atoms with van der Waals surface area (Å²) in [6.45, 7) is 1.33. The van der Waals surface area contributed by atoms with Crippen LogP contribution < -0.4 is 15.4 Å². The number of nitrogens with one attached hydrogen (secondary N) is 2. The van der Waals surface area contributed by atoms with Crippen molar-refractivity contribution < 1.29 is 9.53 Å². The van der Waals surface area contributed by atoms with Crippen molar-refractivity contribution in [3.05, 3.63) is 34.3 Å². The van der Waals surface area contributed by atoms with Crippen LogP contribution in [0.25, 0.3) is 0 Å². The molecule has 0 radical (unpaired) electrons. The predicted octanol–water partition coefficient (Wildman–Crippen LogP) is 2.69. The standard InChI is InChI=1S/C15H15N3O2S/c19-14(18-15-17-10-4-2-6-12(10)21-15)9-3-1-5-11-13(9)20-8-7-16-11/h1,3,5,16H,2,4,6-8H2,(H,17,18,19). The van der Waals surface area contributed by atoms with Crippen LogP contribution in [0.5, 0.6) is 5.75 Å². The number of nitrogens with zero attached hydrogens (tertiary/aromatic N) is 1. The molecule has 0 fully saturated rings. The third kappa shape index (κ3) is 2.25. The van der Waals surface area contributed by atoms with E-state index in [1.807, 2.05) is 12.1 Å². The van der Waals surface area contributed by atoms with Crippen molar-refractivity contribution in [2.24, 2.45) is 0 Å². The average molecular weight is 301 g/mol. The first-order valence-corrected chi connectivity index (χ1v) is 7.92. The predicted molar refractivity (Wildman–Crippen MR) is 82.5 cm³/mol. The number of para-hydroxylation sites is 1. The molecule has 6 heteroatoms. The minimum Gasteiger partial charge on any atom is -0.489 e. The van der Waals surface area contributed by atoms with E-state index >= 15 is 0 Å². The highest BCUT2D eigenvalue weighted by molar-refractivity contribution is 7.16. The topological polar surface area (TPSA) is 63.2 Å². The number of thiazole rings is 1. The summed E-state index contributed by atoms with van der Waals surface area (Å²) in [5.41, 5.74) is 2.56. The lowest BCUT2D eigenvalue weighted by Gasteiger charge is -2.21. The van der Waals surface area contributed by atoms with Crippen molar-refractivity contribution in [1.29, 1.82) is 0 Å². The van der Waals surface area contributed by atoms with Crippen LogP contribution >= 0.6 is 11.3 Å². The maximum atomic E-state index is 12.5. The molecular weight excluding hydrogens is 286 g/mol. The Morgan fingerprint density at radius 3 is 3.24 bits per heavy atom. The van der Waals surface area contributed by atoms with Gasteiger partial charge in [-0.3, -0.25) is 10.1 Å². The van der Waals surface area contributed by atoms with E-state index in [-0.39, 0.29) is 5.91 Å². The fourth-order valence-electron chi connectivity index (χ4n) is 2.76. The first-order chi connectivity index (χ1) is 10.3. The fraction of sp³-hybridized carbons (Fsp3) is 0.333. The number of carbonyl (C=O) groups is 1. The molecule has 2 N–H and O–H groups in total. The van der Waals surface area contributed by atoms with E-state index in [0.717, 1.165) is 30.8 Å². The van der Waals surface area contributed by atoms with Gasteiger partial charge in [0.25, 0.3) is 5.91 Å². The van der Waals surface area contributed by atoms with Gasteiger partial charge in [0.05, 0.1) is 16.9 Å². The Morgan fingerprint density at radius 2 is 2.33 bits per heavy atom. The first-order valence-electron chi connectivity index (χ1n) is 7.11. The SMILES string of the molecule is O=C(Nc1nc2c(s1)CCC2)c1cccc2c1OCCN2. The highest BCUT2D eigenvalue weighted by atomic mass is 32.1. The Kier molecular flexibility index (Phi) is 3.03. The minimum atomic E-state index is -0.164. The number of anilines is 2. The number of rotatable bonds is 2. The van der Waals surface area contributed by atoms with Gasteiger partial charge in [-0.25, -0.2) is 4.98 Å². The van der Waals surface area contributed by atoms with Gasteiger partial charge in [0.15, 0.2) is 10.9 Å². The number of fused-ring (bicyclic) bond motifs is 2. The van der Waals surface area contributed by atoms with Crippen molar-refractivity contribution in [2.75, 3.05) is 23.8 Å². The molecule has 2 aliphatic rings. The largest absolute Gasteiger partial charge is 0.489 e. The van der Waals surface area contributed by atoms with Crippen LogP contribution in [0.4, 0.5) is 10.8 Å². The molecule has 0 saturated heterocycles. The molecule has 1 aromatic carbocycles. The lowest BCUT2D eigenvalue weighted by Crippen LogP contribution is -2.21. The smallest absolute Gasteiger partial charge is 0.261 e. The second kappa shape index (κ2) is 5.04. The first kappa shape index (κ1) is 12.6. The van der Waals surface area contributed by atoms with E-state index in [4.69, 9.17) is 4.74 Å². The van der Waals surface area contributed by atoms with Gasteiger partial charge >= 0.3 is 0 Å². The third-order valence-electron chi connectivity index (χ3n) is 3.74. The quantitative estimate of drug-likeness (QED) is 0.895. The molecule has 108 valence electrons. The second-order valence-electron chi connectivity index (χ2n) is 5.15.